The highest BCUT2D eigenvalue weighted by atomic mass is 19.1. The summed E-state index contributed by atoms with van der Waals surface area (Å²) in [4.78, 5) is 23.6. The van der Waals surface area contributed by atoms with Crippen LogP contribution in [0.4, 0.5) is 4.39 Å². The molecule has 1 heterocycles. The molecule has 1 amide bonds. The Labute approximate surface area is 130 Å². The molecule has 6 heteroatoms. The molecular formula is C17H12FNO4. The van der Waals surface area contributed by atoms with E-state index in [4.69, 9.17) is 14.9 Å². The molecule has 0 aliphatic carbocycles. The molecule has 0 aliphatic rings. The second-order valence-electron chi connectivity index (χ2n) is 4.92. The van der Waals surface area contributed by atoms with Gasteiger partial charge in [-0.25, -0.2) is 9.18 Å². The maximum atomic E-state index is 13.7. The zero-order chi connectivity index (χ0) is 16.6. The average Bonchev–Trinajstić information content (AvgIpc) is 2.54. The lowest BCUT2D eigenvalue weighted by molar-refractivity contribution is 0.100. The summed E-state index contributed by atoms with van der Waals surface area (Å²) >= 11 is 0. The number of nitrogens with two attached hydrogens (primary N) is 1. The van der Waals surface area contributed by atoms with E-state index in [1.165, 1.54) is 19.2 Å². The van der Waals surface area contributed by atoms with E-state index in [2.05, 4.69) is 0 Å². The smallest absolute Gasteiger partial charge is 0.344 e. The van der Waals surface area contributed by atoms with Crippen LogP contribution in [0.15, 0.2) is 51.7 Å². The minimum atomic E-state index is -0.869. The van der Waals surface area contributed by atoms with Gasteiger partial charge in [-0.2, -0.15) is 0 Å². The predicted octanol–water partition coefficient (Wildman–Crippen LogP) is 2.71. The van der Waals surface area contributed by atoms with Crippen molar-refractivity contribution in [3.8, 4) is 16.9 Å². The van der Waals surface area contributed by atoms with Crippen LogP contribution in [0.5, 0.6) is 5.75 Å². The lowest BCUT2D eigenvalue weighted by atomic mass is 10.0. The number of carbonyl (C=O) groups is 1. The van der Waals surface area contributed by atoms with Crippen LogP contribution in [0, 0.1) is 5.82 Å². The van der Waals surface area contributed by atoms with Gasteiger partial charge in [0.15, 0.2) is 5.58 Å². The standard InChI is InChI=1S/C17H12FNO4/c1-22-12-4-2-3-9(6-12)13-7-10-5-11(18)8-14(16(19)20)15(10)23-17(13)21/h2-8H,1H3,(H2,19,20). The summed E-state index contributed by atoms with van der Waals surface area (Å²) in [5, 5.41) is 0.274. The number of halogens is 1. The summed E-state index contributed by atoms with van der Waals surface area (Å²) in [6.07, 6.45) is 0. The molecule has 1 aromatic heterocycles. The second-order valence-corrected chi connectivity index (χ2v) is 4.92. The van der Waals surface area contributed by atoms with E-state index in [-0.39, 0.29) is 22.1 Å². The number of methoxy groups -OCH3 is 1. The Balaban J connectivity index is 2.30. The maximum Gasteiger partial charge on any atom is 0.344 e. The molecule has 0 spiro atoms. The Kier molecular flexibility index (Phi) is 3.57. The molecule has 0 unspecified atom stereocenters. The highest BCUT2D eigenvalue weighted by Gasteiger charge is 2.15. The van der Waals surface area contributed by atoms with Crippen molar-refractivity contribution in [2.45, 2.75) is 0 Å². The molecule has 3 aromatic rings. The van der Waals surface area contributed by atoms with Gasteiger partial charge in [0.1, 0.15) is 11.6 Å². The van der Waals surface area contributed by atoms with Crippen LogP contribution in [0.2, 0.25) is 0 Å². The van der Waals surface area contributed by atoms with E-state index >= 15 is 0 Å². The fraction of sp³-hybridized carbons (Fsp3) is 0.0588. The van der Waals surface area contributed by atoms with E-state index in [9.17, 15) is 14.0 Å². The monoisotopic (exact) mass is 313 g/mol. The summed E-state index contributed by atoms with van der Waals surface area (Å²) in [5.74, 6) is -0.942. The fourth-order valence-corrected chi connectivity index (χ4v) is 2.37. The summed E-state index contributed by atoms with van der Waals surface area (Å²) in [6, 6.07) is 10.4. The number of carbonyl (C=O) groups excluding carboxylic acids is 1. The van der Waals surface area contributed by atoms with Gasteiger partial charge >= 0.3 is 5.63 Å². The van der Waals surface area contributed by atoms with Gasteiger partial charge in [-0.05, 0) is 35.9 Å². The van der Waals surface area contributed by atoms with Crippen molar-refractivity contribution >= 4 is 16.9 Å². The van der Waals surface area contributed by atoms with Crippen LogP contribution >= 0.6 is 0 Å². The predicted molar refractivity (Wildman–Crippen MR) is 82.9 cm³/mol. The molecule has 5 nitrogen and oxygen atoms in total. The van der Waals surface area contributed by atoms with Crippen LogP contribution in [0.3, 0.4) is 0 Å². The molecule has 0 saturated carbocycles. The highest BCUT2D eigenvalue weighted by Crippen LogP contribution is 2.26. The summed E-state index contributed by atoms with van der Waals surface area (Å²) in [6.45, 7) is 0. The zero-order valence-corrected chi connectivity index (χ0v) is 12.1. The Bertz CT molecular complexity index is 978. The zero-order valence-electron chi connectivity index (χ0n) is 12.1. The van der Waals surface area contributed by atoms with Crippen molar-refractivity contribution in [3.05, 3.63) is 64.3 Å². The molecular weight excluding hydrogens is 301 g/mol. The van der Waals surface area contributed by atoms with Crippen molar-refractivity contribution in [2.24, 2.45) is 5.73 Å². The molecule has 23 heavy (non-hydrogen) atoms. The Morgan fingerprint density at radius 1 is 1.22 bits per heavy atom. The Hall–Kier alpha value is -3.15. The molecule has 0 fully saturated rings. The molecule has 0 aliphatic heterocycles. The van der Waals surface area contributed by atoms with Gasteiger partial charge in [-0.1, -0.05) is 12.1 Å². The molecule has 3 rings (SSSR count). The first-order chi connectivity index (χ1) is 11.0. The highest BCUT2D eigenvalue weighted by molar-refractivity contribution is 6.04. The van der Waals surface area contributed by atoms with Gasteiger partial charge in [0, 0.05) is 5.39 Å². The number of ether oxygens (including phenoxy) is 1. The minimum absolute atomic E-state index is 0.0319. The summed E-state index contributed by atoms with van der Waals surface area (Å²) < 4.78 is 24.0. The lowest BCUT2D eigenvalue weighted by Crippen LogP contribution is -2.13. The number of amides is 1. The van der Waals surface area contributed by atoms with Crippen LogP contribution in [0.25, 0.3) is 22.1 Å². The van der Waals surface area contributed by atoms with E-state index in [0.29, 0.717) is 11.3 Å². The van der Waals surface area contributed by atoms with Gasteiger partial charge in [0.25, 0.3) is 5.91 Å². The molecule has 0 saturated heterocycles. The number of hydrogen-bond donors (Lipinski definition) is 1. The molecule has 116 valence electrons. The number of benzene rings is 2. The number of rotatable bonds is 3. The first kappa shape index (κ1) is 14.8. The SMILES string of the molecule is COc1cccc(-c2cc3cc(F)cc(C(N)=O)c3oc2=O)c1. The van der Waals surface area contributed by atoms with Gasteiger partial charge < -0.3 is 14.9 Å². The van der Waals surface area contributed by atoms with E-state index in [1.807, 2.05) is 0 Å². The lowest BCUT2D eigenvalue weighted by Gasteiger charge is -2.07. The van der Waals surface area contributed by atoms with Crippen LogP contribution in [-0.4, -0.2) is 13.0 Å². The van der Waals surface area contributed by atoms with Crippen molar-refractivity contribution in [3.63, 3.8) is 0 Å². The summed E-state index contributed by atoms with van der Waals surface area (Å²) in [7, 11) is 1.51. The van der Waals surface area contributed by atoms with E-state index in [1.54, 1.807) is 24.3 Å². The summed E-state index contributed by atoms with van der Waals surface area (Å²) in [5.41, 5.74) is 5.14. The molecule has 0 atom stereocenters. The molecule has 2 aromatic carbocycles. The van der Waals surface area contributed by atoms with Crippen molar-refractivity contribution < 1.29 is 18.3 Å². The minimum Gasteiger partial charge on any atom is -0.497 e. The maximum absolute atomic E-state index is 13.7. The third-order valence-electron chi connectivity index (χ3n) is 3.44. The molecule has 2 N–H and O–H groups in total. The number of fused-ring (bicyclic) bond motifs is 1. The third kappa shape index (κ3) is 2.66. The molecule has 0 radical (unpaired) electrons. The third-order valence-corrected chi connectivity index (χ3v) is 3.44. The average molecular weight is 313 g/mol. The quantitative estimate of drug-likeness (QED) is 0.754. The van der Waals surface area contributed by atoms with Crippen molar-refractivity contribution in [2.75, 3.05) is 7.11 Å². The van der Waals surface area contributed by atoms with Crippen molar-refractivity contribution in [1.82, 2.24) is 0 Å². The Morgan fingerprint density at radius 3 is 2.70 bits per heavy atom. The Morgan fingerprint density at radius 2 is 2.00 bits per heavy atom. The second kappa shape index (κ2) is 5.57. The van der Waals surface area contributed by atoms with Crippen LogP contribution < -0.4 is 16.1 Å². The molecule has 0 bridgehead atoms. The van der Waals surface area contributed by atoms with E-state index in [0.717, 1.165) is 6.07 Å². The van der Waals surface area contributed by atoms with Gasteiger partial charge in [-0.3, -0.25) is 4.79 Å². The van der Waals surface area contributed by atoms with Gasteiger partial charge in [0.2, 0.25) is 0 Å². The number of primary amides is 1. The van der Waals surface area contributed by atoms with E-state index < -0.39 is 17.3 Å². The van der Waals surface area contributed by atoms with Gasteiger partial charge in [-0.15, -0.1) is 0 Å². The van der Waals surface area contributed by atoms with Gasteiger partial charge in [0.05, 0.1) is 18.2 Å². The van der Waals surface area contributed by atoms with Crippen LogP contribution in [-0.2, 0) is 0 Å². The first-order valence-corrected chi connectivity index (χ1v) is 6.71. The van der Waals surface area contributed by atoms with Crippen molar-refractivity contribution in [1.29, 1.82) is 0 Å². The largest absolute Gasteiger partial charge is 0.497 e. The topological polar surface area (TPSA) is 82.5 Å². The first-order valence-electron chi connectivity index (χ1n) is 6.71. The fourth-order valence-electron chi connectivity index (χ4n) is 2.37. The number of hydrogen-bond acceptors (Lipinski definition) is 4. The van der Waals surface area contributed by atoms with Crippen LogP contribution in [0.1, 0.15) is 10.4 Å². The normalized spacial score (nSPS) is 10.7.